The zero-order valence-corrected chi connectivity index (χ0v) is 20.1. The monoisotopic (exact) mass is 467 g/mol. The molecular weight excluding hydrogens is 434 g/mol. The van der Waals surface area contributed by atoms with Crippen LogP contribution < -0.4 is 5.32 Å². The van der Waals surface area contributed by atoms with E-state index in [1.807, 2.05) is 28.9 Å². The average molecular weight is 468 g/mol. The molecule has 0 saturated carbocycles. The molecule has 0 unspecified atom stereocenters. The molecule has 0 aliphatic rings. The summed E-state index contributed by atoms with van der Waals surface area (Å²) in [6, 6.07) is 22.7. The van der Waals surface area contributed by atoms with Crippen molar-refractivity contribution in [2.75, 3.05) is 0 Å². The summed E-state index contributed by atoms with van der Waals surface area (Å²) in [4.78, 5) is 16.1. The van der Waals surface area contributed by atoms with Gasteiger partial charge in [0, 0.05) is 25.4 Å². The van der Waals surface area contributed by atoms with Crippen LogP contribution in [0.4, 0.5) is 0 Å². The Balaban J connectivity index is 1.14. The predicted octanol–water partition coefficient (Wildman–Crippen LogP) is 5.45. The largest absolute Gasteiger partial charge is 0.352 e. The molecule has 2 aromatic carbocycles. The molecule has 0 aliphatic carbocycles. The van der Waals surface area contributed by atoms with Crippen LogP contribution in [0.2, 0.25) is 0 Å². The molecule has 0 radical (unpaired) electrons. The lowest BCUT2D eigenvalue weighted by molar-refractivity contribution is -0.121. The van der Waals surface area contributed by atoms with E-state index in [2.05, 4.69) is 69.3 Å². The van der Waals surface area contributed by atoms with Gasteiger partial charge < -0.3 is 5.32 Å². The fourth-order valence-electron chi connectivity index (χ4n) is 4.14. The highest BCUT2D eigenvalue weighted by Crippen LogP contribution is 2.18. The molecule has 0 saturated heterocycles. The van der Waals surface area contributed by atoms with E-state index in [0.29, 0.717) is 13.0 Å². The molecule has 2 aromatic heterocycles. The van der Waals surface area contributed by atoms with Crippen molar-refractivity contribution in [3.63, 3.8) is 0 Å². The van der Waals surface area contributed by atoms with Crippen LogP contribution in [0.5, 0.6) is 0 Å². The van der Waals surface area contributed by atoms with E-state index in [1.165, 1.54) is 11.1 Å². The summed E-state index contributed by atoms with van der Waals surface area (Å²) in [5, 5.41) is 11.8. The third-order valence-corrected chi connectivity index (χ3v) is 6.07. The standard InChI is InChI=1S/C29H33N5O/c35-29(31-22-25-14-11-19-30-21-25)18-8-3-1-2-7-16-27-23-34(33-32-27)28-17-10-9-15-26(28)20-24-12-5-4-6-13-24/h4-6,9-15,17,19,21,23H,1-3,7-8,16,18,20,22H2,(H,31,35). The van der Waals surface area contributed by atoms with Crippen LogP contribution in [0.3, 0.4) is 0 Å². The van der Waals surface area contributed by atoms with Gasteiger partial charge in [0.25, 0.3) is 0 Å². The SMILES string of the molecule is O=C(CCCCCCCc1cn(-c2ccccc2Cc2ccccc2)nn1)NCc1cccnc1. The number of hydrogen-bond acceptors (Lipinski definition) is 4. The van der Waals surface area contributed by atoms with Crippen LogP contribution in [0.25, 0.3) is 5.69 Å². The first-order chi connectivity index (χ1) is 17.3. The van der Waals surface area contributed by atoms with Gasteiger partial charge >= 0.3 is 0 Å². The Morgan fingerprint density at radius 1 is 0.829 bits per heavy atom. The minimum absolute atomic E-state index is 0.109. The van der Waals surface area contributed by atoms with Gasteiger partial charge in [-0.2, -0.15) is 0 Å². The van der Waals surface area contributed by atoms with Gasteiger partial charge in [-0.3, -0.25) is 9.78 Å². The van der Waals surface area contributed by atoms with E-state index >= 15 is 0 Å². The van der Waals surface area contributed by atoms with Crippen molar-refractivity contribution in [1.82, 2.24) is 25.3 Å². The van der Waals surface area contributed by atoms with E-state index in [9.17, 15) is 4.79 Å². The van der Waals surface area contributed by atoms with Crippen molar-refractivity contribution < 1.29 is 4.79 Å². The summed E-state index contributed by atoms with van der Waals surface area (Å²) < 4.78 is 1.90. The highest BCUT2D eigenvalue weighted by Gasteiger charge is 2.08. The number of nitrogens with one attached hydrogen (secondary N) is 1. The fourth-order valence-corrected chi connectivity index (χ4v) is 4.14. The first kappa shape index (κ1) is 24.3. The Kier molecular flexibility index (Phi) is 9.16. The van der Waals surface area contributed by atoms with Crippen molar-refractivity contribution in [3.05, 3.63) is 108 Å². The number of nitrogens with zero attached hydrogens (tertiary/aromatic N) is 4. The second-order valence-electron chi connectivity index (χ2n) is 8.85. The number of pyridine rings is 1. The molecule has 2 heterocycles. The van der Waals surface area contributed by atoms with Gasteiger partial charge in [0.2, 0.25) is 5.91 Å². The molecule has 0 fully saturated rings. The van der Waals surface area contributed by atoms with Crippen molar-refractivity contribution in [2.45, 2.75) is 57.9 Å². The first-order valence-electron chi connectivity index (χ1n) is 12.5. The van der Waals surface area contributed by atoms with E-state index in [-0.39, 0.29) is 5.91 Å². The van der Waals surface area contributed by atoms with E-state index in [0.717, 1.165) is 61.9 Å². The number of rotatable bonds is 13. The zero-order chi connectivity index (χ0) is 24.1. The molecule has 4 aromatic rings. The van der Waals surface area contributed by atoms with Crippen LogP contribution in [-0.4, -0.2) is 25.9 Å². The molecule has 0 bridgehead atoms. The molecule has 6 heteroatoms. The number of carbonyl (C=O) groups is 1. The number of para-hydroxylation sites is 1. The van der Waals surface area contributed by atoms with Crippen LogP contribution in [0.1, 0.15) is 60.9 Å². The Morgan fingerprint density at radius 3 is 2.46 bits per heavy atom. The number of aromatic nitrogens is 4. The van der Waals surface area contributed by atoms with Crippen LogP contribution in [-0.2, 0) is 24.2 Å². The van der Waals surface area contributed by atoms with E-state index in [1.54, 1.807) is 12.4 Å². The number of unbranched alkanes of at least 4 members (excludes halogenated alkanes) is 4. The molecule has 0 spiro atoms. The van der Waals surface area contributed by atoms with E-state index in [4.69, 9.17) is 0 Å². The molecule has 1 amide bonds. The van der Waals surface area contributed by atoms with Gasteiger partial charge in [0.05, 0.1) is 17.6 Å². The maximum atomic E-state index is 12.0. The van der Waals surface area contributed by atoms with Crippen molar-refractivity contribution in [1.29, 1.82) is 0 Å². The zero-order valence-electron chi connectivity index (χ0n) is 20.1. The normalized spacial score (nSPS) is 10.9. The summed E-state index contributed by atoms with van der Waals surface area (Å²) in [6.45, 7) is 0.546. The summed E-state index contributed by atoms with van der Waals surface area (Å²) in [5.74, 6) is 0.109. The number of aryl methyl sites for hydroxylation is 1. The molecule has 6 nitrogen and oxygen atoms in total. The summed E-state index contributed by atoms with van der Waals surface area (Å²) in [5.41, 5.74) is 5.65. The molecular formula is C29H33N5O. The summed E-state index contributed by atoms with van der Waals surface area (Å²) in [6.07, 6.45) is 13.3. The lowest BCUT2D eigenvalue weighted by Gasteiger charge is -2.09. The van der Waals surface area contributed by atoms with Crippen molar-refractivity contribution in [2.24, 2.45) is 0 Å². The molecule has 0 aliphatic heterocycles. The Labute approximate surface area is 207 Å². The highest BCUT2D eigenvalue weighted by atomic mass is 16.1. The molecule has 4 rings (SSSR count). The van der Waals surface area contributed by atoms with E-state index < -0.39 is 0 Å². The Hall–Kier alpha value is -3.80. The maximum absolute atomic E-state index is 12.0. The number of carbonyl (C=O) groups excluding carboxylic acids is 1. The second-order valence-corrected chi connectivity index (χ2v) is 8.85. The van der Waals surface area contributed by atoms with Crippen LogP contribution >= 0.6 is 0 Å². The third kappa shape index (κ3) is 7.88. The number of benzene rings is 2. The Bertz CT molecular complexity index is 1170. The predicted molar refractivity (Wildman–Crippen MR) is 138 cm³/mol. The molecule has 0 atom stereocenters. The van der Waals surface area contributed by atoms with Crippen molar-refractivity contribution >= 4 is 5.91 Å². The molecule has 180 valence electrons. The molecule has 35 heavy (non-hydrogen) atoms. The smallest absolute Gasteiger partial charge is 0.220 e. The summed E-state index contributed by atoms with van der Waals surface area (Å²) in [7, 11) is 0. The lowest BCUT2D eigenvalue weighted by atomic mass is 10.0. The van der Waals surface area contributed by atoms with Gasteiger partial charge in [0.1, 0.15) is 0 Å². The van der Waals surface area contributed by atoms with Gasteiger partial charge in [-0.1, -0.05) is 79.1 Å². The number of amides is 1. The van der Waals surface area contributed by atoms with Crippen LogP contribution in [0.15, 0.2) is 85.3 Å². The second kappa shape index (κ2) is 13.2. The maximum Gasteiger partial charge on any atom is 0.220 e. The third-order valence-electron chi connectivity index (χ3n) is 6.07. The van der Waals surface area contributed by atoms with Gasteiger partial charge in [0.15, 0.2) is 0 Å². The number of hydrogen-bond donors (Lipinski definition) is 1. The Morgan fingerprint density at radius 2 is 1.60 bits per heavy atom. The fraction of sp³-hybridized carbons (Fsp3) is 0.310. The molecule has 1 N–H and O–H groups in total. The quantitative estimate of drug-likeness (QED) is 0.265. The first-order valence-corrected chi connectivity index (χ1v) is 12.5. The minimum Gasteiger partial charge on any atom is -0.352 e. The van der Waals surface area contributed by atoms with Gasteiger partial charge in [-0.25, -0.2) is 4.68 Å². The average Bonchev–Trinajstić information content (AvgIpc) is 3.37. The topological polar surface area (TPSA) is 72.7 Å². The summed E-state index contributed by atoms with van der Waals surface area (Å²) >= 11 is 0. The highest BCUT2D eigenvalue weighted by molar-refractivity contribution is 5.75. The van der Waals surface area contributed by atoms with Gasteiger partial charge in [-0.15, -0.1) is 5.10 Å². The van der Waals surface area contributed by atoms with Gasteiger partial charge in [-0.05, 0) is 54.5 Å². The lowest BCUT2D eigenvalue weighted by Crippen LogP contribution is -2.22. The van der Waals surface area contributed by atoms with Crippen molar-refractivity contribution in [3.8, 4) is 5.69 Å². The van der Waals surface area contributed by atoms with Crippen LogP contribution in [0, 0.1) is 0 Å². The minimum atomic E-state index is 0.109.